The Morgan fingerprint density at radius 1 is 1.59 bits per heavy atom. The van der Waals surface area contributed by atoms with E-state index in [1.54, 1.807) is 0 Å². The van der Waals surface area contributed by atoms with Gasteiger partial charge in [0.2, 0.25) is 0 Å². The lowest BCUT2D eigenvalue weighted by Gasteiger charge is -2.22. The van der Waals surface area contributed by atoms with Gasteiger partial charge in [-0.15, -0.1) is 0 Å². The molecule has 0 bridgehead atoms. The summed E-state index contributed by atoms with van der Waals surface area (Å²) < 4.78 is 13.8. The highest BCUT2D eigenvalue weighted by Crippen LogP contribution is 2.29. The van der Waals surface area contributed by atoms with Crippen LogP contribution in [-0.4, -0.2) is 17.5 Å². The lowest BCUT2D eigenvalue weighted by atomic mass is 9.93. The van der Waals surface area contributed by atoms with Gasteiger partial charge in [-0.3, -0.25) is 11.3 Å². The minimum absolute atomic E-state index is 0.214. The number of hydrogen-bond acceptors (Lipinski definition) is 3. The van der Waals surface area contributed by atoms with Gasteiger partial charge in [0.25, 0.3) is 0 Å². The highest BCUT2D eigenvalue weighted by molar-refractivity contribution is 9.10. The number of thioether (sulfide) groups is 1. The summed E-state index contributed by atoms with van der Waals surface area (Å²) in [5, 5.41) is 0. The van der Waals surface area contributed by atoms with Gasteiger partial charge in [-0.2, -0.15) is 11.8 Å². The fourth-order valence-corrected chi connectivity index (χ4v) is 4.01. The first-order valence-corrected chi connectivity index (χ1v) is 7.63. The van der Waals surface area contributed by atoms with Crippen molar-refractivity contribution in [1.29, 1.82) is 0 Å². The summed E-state index contributed by atoms with van der Waals surface area (Å²) in [6, 6.07) is 5.10. The van der Waals surface area contributed by atoms with E-state index in [1.165, 1.54) is 24.3 Å². The molecule has 1 heterocycles. The van der Waals surface area contributed by atoms with Crippen LogP contribution in [0.4, 0.5) is 4.39 Å². The number of nitrogens with two attached hydrogens (primary N) is 1. The molecule has 0 saturated carbocycles. The molecule has 1 aromatic carbocycles. The Morgan fingerprint density at radius 3 is 3.00 bits per heavy atom. The zero-order chi connectivity index (χ0) is 12.3. The van der Waals surface area contributed by atoms with Gasteiger partial charge in [0.15, 0.2) is 0 Å². The van der Waals surface area contributed by atoms with E-state index in [9.17, 15) is 4.39 Å². The molecular weight excluding hydrogens is 303 g/mol. The topological polar surface area (TPSA) is 38.0 Å². The third kappa shape index (κ3) is 3.44. The fraction of sp³-hybridized carbons (Fsp3) is 0.500. The Balaban J connectivity index is 2.06. The summed E-state index contributed by atoms with van der Waals surface area (Å²) in [4.78, 5) is 0. The second kappa shape index (κ2) is 6.18. The molecular formula is C12H16BrFN2S. The maximum atomic E-state index is 13.0. The molecule has 17 heavy (non-hydrogen) atoms. The predicted molar refractivity (Wildman–Crippen MR) is 74.3 cm³/mol. The number of halogens is 2. The summed E-state index contributed by atoms with van der Waals surface area (Å²) in [7, 11) is 0. The fourth-order valence-electron chi connectivity index (χ4n) is 2.16. The number of nitrogens with one attached hydrogen (secondary N) is 1. The van der Waals surface area contributed by atoms with Crippen LogP contribution in [0, 0.1) is 11.7 Å². The predicted octanol–water partition coefficient (Wildman–Crippen LogP) is 2.72. The van der Waals surface area contributed by atoms with Crippen molar-refractivity contribution in [2.75, 3.05) is 11.5 Å². The molecule has 2 rings (SSSR count). The minimum atomic E-state index is -0.214. The minimum Gasteiger partial charge on any atom is -0.271 e. The summed E-state index contributed by atoms with van der Waals surface area (Å²) >= 11 is 5.38. The third-order valence-electron chi connectivity index (χ3n) is 3.20. The van der Waals surface area contributed by atoms with Crippen LogP contribution in [0.5, 0.6) is 0 Å². The van der Waals surface area contributed by atoms with Crippen molar-refractivity contribution >= 4 is 27.7 Å². The van der Waals surface area contributed by atoms with Gasteiger partial charge in [-0.25, -0.2) is 4.39 Å². The first kappa shape index (κ1) is 13.3. The molecule has 0 radical (unpaired) electrons. The van der Waals surface area contributed by atoms with Crippen LogP contribution in [0.1, 0.15) is 12.0 Å². The normalized spacial score (nSPS) is 21.7. The maximum absolute atomic E-state index is 13.0. The summed E-state index contributed by atoms with van der Waals surface area (Å²) in [6.45, 7) is 0. The van der Waals surface area contributed by atoms with Crippen molar-refractivity contribution in [3.63, 3.8) is 0 Å². The van der Waals surface area contributed by atoms with Crippen molar-refractivity contribution in [2.45, 2.75) is 18.9 Å². The molecule has 0 amide bonds. The quantitative estimate of drug-likeness (QED) is 0.662. The van der Waals surface area contributed by atoms with Crippen molar-refractivity contribution in [3.8, 4) is 0 Å². The van der Waals surface area contributed by atoms with Crippen LogP contribution < -0.4 is 11.3 Å². The van der Waals surface area contributed by atoms with Crippen molar-refractivity contribution in [3.05, 3.63) is 34.1 Å². The largest absolute Gasteiger partial charge is 0.271 e. The second-order valence-electron chi connectivity index (χ2n) is 4.34. The standard InChI is InChI=1S/C12H16BrFN2S/c13-11-6-10(14)2-1-8(11)5-12(16-15)9-3-4-17-7-9/h1-2,6,9,12,16H,3-5,7,15H2. The average Bonchev–Trinajstić information content (AvgIpc) is 2.81. The van der Waals surface area contributed by atoms with E-state index < -0.39 is 0 Å². The summed E-state index contributed by atoms with van der Waals surface area (Å²) in [5.74, 6) is 8.41. The highest BCUT2D eigenvalue weighted by Gasteiger charge is 2.25. The van der Waals surface area contributed by atoms with Gasteiger partial charge in [-0.1, -0.05) is 22.0 Å². The number of hydrazine groups is 1. The molecule has 1 saturated heterocycles. The molecule has 1 aromatic rings. The van der Waals surface area contributed by atoms with Gasteiger partial charge in [0, 0.05) is 10.5 Å². The smallest absolute Gasteiger partial charge is 0.124 e. The molecule has 2 atom stereocenters. The van der Waals surface area contributed by atoms with E-state index in [4.69, 9.17) is 5.84 Å². The molecule has 3 N–H and O–H groups in total. The van der Waals surface area contributed by atoms with Crippen LogP contribution in [0.15, 0.2) is 22.7 Å². The monoisotopic (exact) mass is 318 g/mol. The van der Waals surface area contributed by atoms with Crippen LogP contribution >= 0.6 is 27.7 Å². The Bertz CT molecular complexity index is 383. The van der Waals surface area contributed by atoms with Gasteiger partial charge in [0.1, 0.15) is 5.82 Å². The van der Waals surface area contributed by atoms with E-state index in [0.29, 0.717) is 5.92 Å². The molecule has 2 unspecified atom stereocenters. The van der Waals surface area contributed by atoms with E-state index in [0.717, 1.165) is 22.2 Å². The Labute approximate surface area is 114 Å². The van der Waals surface area contributed by atoms with Gasteiger partial charge in [-0.05, 0) is 48.0 Å². The first-order valence-electron chi connectivity index (χ1n) is 5.68. The Kier molecular flexibility index (Phi) is 4.85. The summed E-state index contributed by atoms with van der Waals surface area (Å²) in [6.07, 6.45) is 2.04. The molecule has 1 fully saturated rings. The van der Waals surface area contributed by atoms with E-state index in [-0.39, 0.29) is 11.9 Å². The number of benzene rings is 1. The van der Waals surface area contributed by atoms with Crippen LogP contribution in [0.3, 0.4) is 0 Å². The van der Waals surface area contributed by atoms with Crippen molar-refractivity contribution < 1.29 is 4.39 Å². The molecule has 0 aliphatic carbocycles. The van der Waals surface area contributed by atoms with Gasteiger partial charge >= 0.3 is 0 Å². The SMILES string of the molecule is NNC(Cc1ccc(F)cc1Br)C1CCSC1. The van der Waals surface area contributed by atoms with E-state index in [1.807, 2.05) is 17.8 Å². The lowest BCUT2D eigenvalue weighted by Crippen LogP contribution is -2.42. The lowest BCUT2D eigenvalue weighted by molar-refractivity contribution is 0.385. The molecule has 1 aliphatic rings. The van der Waals surface area contributed by atoms with Gasteiger partial charge in [0.05, 0.1) is 0 Å². The molecule has 0 aromatic heterocycles. The van der Waals surface area contributed by atoms with Crippen molar-refractivity contribution in [2.24, 2.45) is 11.8 Å². The third-order valence-corrected chi connectivity index (χ3v) is 5.13. The maximum Gasteiger partial charge on any atom is 0.124 e. The molecule has 94 valence electrons. The second-order valence-corrected chi connectivity index (χ2v) is 6.34. The van der Waals surface area contributed by atoms with Crippen LogP contribution in [0.2, 0.25) is 0 Å². The number of hydrogen-bond donors (Lipinski definition) is 2. The average molecular weight is 319 g/mol. The molecule has 2 nitrogen and oxygen atoms in total. The molecule has 5 heteroatoms. The highest BCUT2D eigenvalue weighted by atomic mass is 79.9. The zero-order valence-electron chi connectivity index (χ0n) is 9.46. The van der Waals surface area contributed by atoms with Crippen LogP contribution in [0.25, 0.3) is 0 Å². The van der Waals surface area contributed by atoms with E-state index in [2.05, 4.69) is 21.4 Å². The Hall–Kier alpha value is -0.100. The zero-order valence-corrected chi connectivity index (χ0v) is 11.9. The molecule has 0 spiro atoms. The molecule has 1 aliphatic heterocycles. The summed E-state index contributed by atoms with van der Waals surface area (Å²) in [5.41, 5.74) is 4.01. The number of rotatable bonds is 4. The van der Waals surface area contributed by atoms with Crippen LogP contribution in [-0.2, 0) is 6.42 Å². The van der Waals surface area contributed by atoms with E-state index >= 15 is 0 Å². The van der Waals surface area contributed by atoms with Gasteiger partial charge < -0.3 is 0 Å². The Morgan fingerprint density at radius 2 is 2.41 bits per heavy atom. The van der Waals surface area contributed by atoms with Crippen molar-refractivity contribution in [1.82, 2.24) is 5.43 Å². The first-order chi connectivity index (χ1) is 8.20.